The van der Waals surface area contributed by atoms with Gasteiger partial charge in [-0.1, -0.05) is 18.2 Å². The second-order valence-corrected chi connectivity index (χ2v) is 7.76. The minimum absolute atomic E-state index is 0.00704. The van der Waals surface area contributed by atoms with Crippen LogP contribution in [0.3, 0.4) is 0 Å². The average molecular weight is 269 g/mol. The molecule has 0 bridgehead atoms. The number of hydrogen-bond donors (Lipinski definition) is 1. The van der Waals surface area contributed by atoms with Crippen LogP contribution in [0.4, 0.5) is 5.69 Å². The van der Waals surface area contributed by atoms with Gasteiger partial charge < -0.3 is 0 Å². The Labute approximate surface area is 104 Å². The molecule has 17 heavy (non-hydrogen) atoms. The summed E-state index contributed by atoms with van der Waals surface area (Å²) in [6, 6.07) is 9.72. The smallest absolute Gasteiger partial charge is 0.281 e. The summed E-state index contributed by atoms with van der Waals surface area (Å²) < 4.78 is 25.2. The first kappa shape index (κ1) is 11.1. The van der Waals surface area contributed by atoms with Gasteiger partial charge in [0.15, 0.2) is 9.84 Å². The molecular weight excluding hydrogens is 256 g/mol. The average Bonchev–Trinajstić information content (AvgIpc) is 2.69. The Morgan fingerprint density at radius 1 is 1.24 bits per heavy atom. The van der Waals surface area contributed by atoms with Crippen molar-refractivity contribution in [2.45, 2.75) is 11.3 Å². The SMILES string of the molecule is NC1=[N+](c2ccccc2)C2CS(=O)(=O)CC2S1. The van der Waals surface area contributed by atoms with E-state index in [-0.39, 0.29) is 22.8 Å². The predicted octanol–water partition coefficient (Wildman–Crippen LogP) is 0.558. The molecule has 2 atom stereocenters. The number of para-hydroxylation sites is 1. The van der Waals surface area contributed by atoms with E-state index in [0.717, 1.165) is 5.69 Å². The summed E-state index contributed by atoms with van der Waals surface area (Å²) in [6.45, 7) is 0. The topological polar surface area (TPSA) is 63.2 Å². The van der Waals surface area contributed by atoms with Gasteiger partial charge in [0.05, 0.1) is 16.8 Å². The van der Waals surface area contributed by atoms with Gasteiger partial charge in [0, 0.05) is 0 Å². The molecule has 3 rings (SSSR count). The van der Waals surface area contributed by atoms with Gasteiger partial charge in [0.25, 0.3) is 0 Å². The number of nitrogens with two attached hydrogens (primary N) is 1. The molecule has 2 heterocycles. The standard InChI is InChI=1S/C11H12N2O2S2/c12-11-13(8-4-2-1-3-5-8)9-6-17(14,15)7-10(9)16-11/h1-5,9-10,12H,6-7H2/p+1. The summed E-state index contributed by atoms with van der Waals surface area (Å²) >= 11 is 1.48. The van der Waals surface area contributed by atoms with Gasteiger partial charge in [-0.2, -0.15) is 0 Å². The molecule has 2 N–H and O–H groups in total. The minimum Gasteiger partial charge on any atom is -0.281 e. The van der Waals surface area contributed by atoms with E-state index in [4.69, 9.17) is 5.73 Å². The zero-order chi connectivity index (χ0) is 12.0. The van der Waals surface area contributed by atoms with Crippen molar-refractivity contribution in [3.8, 4) is 0 Å². The highest BCUT2D eigenvalue weighted by molar-refractivity contribution is 8.15. The van der Waals surface area contributed by atoms with Gasteiger partial charge in [0.1, 0.15) is 11.7 Å². The minimum atomic E-state index is -2.90. The molecule has 1 aromatic rings. The molecule has 0 radical (unpaired) electrons. The Morgan fingerprint density at radius 3 is 2.65 bits per heavy atom. The van der Waals surface area contributed by atoms with Crippen molar-refractivity contribution < 1.29 is 13.0 Å². The maximum Gasteiger partial charge on any atom is 0.310 e. The maximum absolute atomic E-state index is 11.6. The molecule has 0 amide bonds. The van der Waals surface area contributed by atoms with Crippen LogP contribution in [0.25, 0.3) is 0 Å². The van der Waals surface area contributed by atoms with Gasteiger partial charge in [-0.25, -0.2) is 13.0 Å². The van der Waals surface area contributed by atoms with Crippen LogP contribution in [-0.4, -0.2) is 41.0 Å². The van der Waals surface area contributed by atoms with E-state index < -0.39 is 9.84 Å². The van der Waals surface area contributed by atoms with Crippen LogP contribution in [-0.2, 0) is 9.84 Å². The first-order chi connectivity index (χ1) is 8.07. The van der Waals surface area contributed by atoms with E-state index in [2.05, 4.69) is 0 Å². The number of benzene rings is 1. The van der Waals surface area contributed by atoms with Crippen LogP contribution >= 0.6 is 11.8 Å². The number of rotatable bonds is 1. The van der Waals surface area contributed by atoms with E-state index in [9.17, 15) is 8.42 Å². The van der Waals surface area contributed by atoms with Crippen LogP contribution in [0.2, 0.25) is 0 Å². The van der Waals surface area contributed by atoms with E-state index in [0.29, 0.717) is 5.17 Å². The summed E-state index contributed by atoms with van der Waals surface area (Å²) in [5.74, 6) is 0.451. The molecule has 0 aromatic heterocycles. The maximum atomic E-state index is 11.6. The summed E-state index contributed by atoms with van der Waals surface area (Å²) in [4.78, 5) is 0. The summed E-state index contributed by atoms with van der Waals surface area (Å²) in [7, 11) is -2.90. The van der Waals surface area contributed by atoms with Gasteiger partial charge >= 0.3 is 5.17 Å². The third-order valence-electron chi connectivity index (χ3n) is 3.15. The Balaban J connectivity index is 2.03. The Morgan fingerprint density at radius 2 is 1.94 bits per heavy atom. The Kier molecular flexibility index (Phi) is 2.45. The van der Waals surface area contributed by atoms with Crippen molar-refractivity contribution >= 4 is 32.5 Å². The molecule has 6 heteroatoms. The van der Waals surface area contributed by atoms with Gasteiger partial charge in [-0.05, 0) is 23.9 Å². The van der Waals surface area contributed by atoms with Crippen LogP contribution in [0.15, 0.2) is 30.3 Å². The van der Waals surface area contributed by atoms with Crippen LogP contribution in [0.5, 0.6) is 0 Å². The molecule has 2 unspecified atom stereocenters. The fraction of sp³-hybridized carbons (Fsp3) is 0.364. The number of nitrogens with zero attached hydrogens (tertiary/aromatic N) is 1. The molecular formula is C11H13N2O2S2+. The fourth-order valence-corrected chi connectivity index (χ4v) is 6.25. The predicted molar refractivity (Wildman–Crippen MR) is 69.4 cm³/mol. The highest BCUT2D eigenvalue weighted by Crippen LogP contribution is 2.36. The third-order valence-corrected chi connectivity index (χ3v) is 6.30. The van der Waals surface area contributed by atoms with Crippen molar-refractivity contribution in [3.05, 3.63) is 30.3 Å². The molecule has 1 saturated heterocycles. The molecule has 1 fully saturated rings. The highest BCUT2D eigenvalue weighted by Gasteiger charge is 2.49. The third kappa shape index (κ3) is 1.85. The number of amidine groups is 1. The zero-order valence-corrected chi connectivity index (χ0v) is 10.7. The van der Waals surface area contributed by atoms with Gasteiger partial charge in [-0.3, -0.25) is 5.73 Å². The van der Waals surface area contributed by atoms with Crippen molar-refractivity contribution in [1.82, 2.24) is 0 Å². The van der Waals surface area contributed by atoms with Crippen molar-refractivity contribution in [2.75, 3.05) is 11.5 Å². The summed E-state index contributed by atoms with van der Waals surface area (Å²) in [6.07, 6.45) is 0. The first-order valence-corrected chi connectivity index (χ1v) is 8.11. The lowest BCUT2D eigenvalue weighted by atomic mass is 10.2. The molecule has 0 aliphatic carbocycles. The van der Waals surface area contributed by atoms with Gasteiger partial charge in [0.2, 0.25) is 0 Å². The quantitative estimate of drug-likeness (QED) is 0.757. The lowest BCUT2D eigenvalue weighted by molar-refractivity contribution is -0.470. The van der Waals surface area contributed by atoms with E-state index >= 15 is 0 Å². The van der Waals surface area contributed by atoms with E-state index in [1.165, 1.54) is 11.8 Å². The van der Waals surface area contributed by atoms with Crippen molar-refractivity contribution in [1.29, 1.82) is 0 Å². The number of fused-ring (bicyclic) bond motifs is 1. The van der Waals surface area contributed by atoms with Crippen LogP contribution in [0, 0.1) is 0 Å². The van der Waals surface area contributed by atoms with Crippen LogP contribution in [0.1, 0.15) is 0 Å². The van der Waals surface area contributed by atoms with E-state index in [1.807, 2.05) is 34.9 Å². The largest absolute Gasteiger partial charge is 0.310 e. The molecule has 4 nitrogen and oxygen atoms in total. The lowest BCUT2D eigenvalue weighted by Gasteiger charge is -2.10. The lowest BCUT2D eigenvalue weighted by Crippen LogP contribution is -2.29. The second-order valence-electron chi connectivity index (χ2n) is 4.34. The molecule has 1 aromatic carbocycles. The molecule has 90 valence electrons. The number of thioether (sulfide) groups is 1. The monoisotopic (exact) mass is 269 g/mol. The second kappa shape index (κ2) is 3.74. The highest BCUT2D eigenvalue weighted by atomic mass is 32.2. The van der Waals surface area contributed by atoms with Crippen molar-refractivity contribution in [2.24, 2.45) is 5.73 Å². The Hall–Kier alpha value is -1.01. The zero-order valence-electron chi connectivity index (χ0n) is 9.11. The number of sulfone groups is 1. The molecule has 2 aliphatic heterocycles. The van der Waals surface area contributed by atoms with Crippen LogP contribution < -0.4 is 5.73 Å². The summed E-state index contributed by atoms with van der Waals surface area (Å²) in [5.41, 5.74) is 6.97. The molecule has 0 saturated carbocycles. The fourth-order valence-electron chi connectivity index (χ4n) is 2.43. The van der Waals surface area contributed by atoms with E-state index in [1.54, 1.807) is 0 Å². The van der Waals surface area contributed by atoms with Gasteiger partial charge in [-0.15, -0.1) is 0 Å². The normalized spacial score (nSPS) is 30.6. The molecule has 2 aliphatic rings. The first-order valence-electron chi connectivity index (χ1n) is 5.41. The number of hydrogen-bond acceptors (Lipinski definition) is 4. The molecule has 0 spiro atoms. The Bertz CT molecular complexity index is 581. The van der Waals surface area contributed by atoms with Crippen molar-refractivity contribution in [3.63, 3.8) is 0 Å². The summed E-state index contributed by atoms with van der Waals surface area (Å²) in [5, 5.41) is 0.793.